The van der Waals surface area contributed by atoms with Crippen molar-refractivity contribution in [1.29, 1.82) is 0 Å². The van der Waals surface area contributed by atoms with Crippen molar-refractivity contribution in [2.45, 2.75) is 24.8 Å². The number of carbonyl (C=O) groups excluding carboxylic acids is 1. The minimum absolute atomic E-state index is 0.0162. The van der Waals surface area contributed by atoms with Crippen molar-refractivity contribution in [2.24, 2.45) is 0 Å². The summed E-state index contributed by atoms with van der Waals surface area (Å²) in [6, 6.07) is 25.9. The number of hydrogen-bond donors (Lipinski definition) is 1. The van der Waals surface area contributed by atoms with Crippen molar-refractivity contribution >= 4 is 17.5 Å². The zero-order valence-electron chi connectivity index (χ0n) is 14.4. The predicted octanol–water partition coefficient (Wildman–Crippen LogP) is 5.54. The summed E-state index contributed by atoms with van der Waals surface area (Å²) in [6.45, 7) is 0. The first kappa shape index (κ1) is 16.9. The SMILES string of the molecule is O=C(N[C@@H]1C[C@@H](Cc2ccc(Cl)cc2)c2ccccc21)c1ccccc1. The van der Waals surface area contributed by atoms with Crippen LogP contribution in [-0.2, 0) is 6.42 Å². The lowest BCUT2D eigenvalue weighted by Crippen LogP contribution is -2.27. The molecule has 0 radical (unpaired) electrons. The fourth-order valence-corrected chi connectivity index (χ4v) is 3.93. The molecule has 0 heterocycles. The molecule has 1 N–H and O–H groups in total. The summed E-state index contributed by atoms with van der Waals surface area (Å²) in [5.74, 6) is 0.381. The van der Waals surface area contributed by atoms with Crippen molar-refractivity contribution in [1.82, 2.24) is 5.32 Å². The Hall–Kier alpha value is -2.58. The van der Waals surface area contributed by atoms with Crippen LogP contribution in [0.1, 0.15) is 45.4 Å². The predicted molar refractivity (Wildman–Crippen MR) is 106 cm³/mol. The standard InChI is InChI=1S/C23H20ClNO/c24-19-12-10-16(11-13-19)14-18-15-22(21-9-5-4-8-20(18)21)25-23(26)17-6-2-1-3-7-17/h1-13,18,22H,14-15H2,(H,25,26)/t18-,22-/m1/s1. The van der Waals surface area contributed by atoms with Gasteiger partial charge in [0.25, 0.3) is 5.91 Å². The summed E-state index contributed by atoms with van der Waals surface area (Å²) in [5, 5.41) is 3.97. The third-order valence-corrected chi connectivity index (χ3v) is 5.32. The molecule has 0 saturated carbocycles. The Bertz CT molecular complexity index is 905. The van der Waals surface area contributed by atoms with Crippen LogP contribution in [0, 0.1) is 0 Å². The van der Waals surface area contributed by atoms with E-state index in [4.69, 9.17) is 11.6 Å². The molecular formula is C23H20ClNO. The first-order chi connectivity index (χ1) is 12.7. The van der Waals surface area contributed by atoms with E-state index in [0.717, 1.165) is 17.9 Å². The largest absolute Gasteiger partial charge is 0.345 e. The molecular weight excluding hydrogens is 342 g/mol. The van der Waals surface area contributed by atoms with Gasteiger partial charge in [-0.05, 0) is 59.7 Å². The smallest absolute Gasteiger partial charge is 0.251 e. The molecule has 3 aromatic rings. The van der Waals surface area contributed by atoms with Gasteiger partial charge in [-0.3, -0.25) is 4.79 Å². The van der Waals surface area contributed by atoms with Crippen molar-refractivity contribution in [3.05, 3.63) is 106 Å². The number of fused-ring (bicyclic) bond motifs is 1. The van der Waals surface area contributed by atoms with E-state index in [1.165, 1.54) is 16.7 Å². The first-order valence-corrected chi connectivity index (χ1v) is 9.27. The van der Waals surface area contributed by atoms with Gasteiger partial charge in [-0.25, -0.2) is 0 Å². The number of carbonyl (C=O) groups is 1. The Morgan fingerprint density at radius 3 is 2.27 bits per heavy atom. The van der Waals surface area contributed by atoms with Gasteiger partial charge in [0.05, 0.1) is 6.04 Å². The van der Waals surface area contributed by atoms with Gasteiger partial charge >= 0.3 is 0 Å². The molecule has 0 aromatic heterocycles. The van der Waals surface area contributed by atoms with Gasteiger partial charge in [0.2, 0.25) is 0 Å². The van der Waals surface area contributed by atoms with Crippen LogP contribution in [0.25, 0.3) is 0 Å². The number of rotatable bonds is 4. The number of nitrogens with one attached hydrogen (secondary N) is 1. The van der Waals surface area contributed by atoms with Gasteiger partial charge < -0.3 is 5.32 Å². The third kappa shape index (κ3) is 3.51. The minimum atomic E-state index is -0.0162. The highest BCUT2D eigenvalue weighted by Gasteiger charge is 2.31. The Morgan fingerprint density at radius 2 is 1.54 bits per heavy atom. The number of hydrogen-bond acceptors (Lipinski definition) is 1. The minimum Gasteiger partial charge on any atom is -0.345 e. The van der Waals surface area contributed by atoms with Crippen LogP contribution in [0.2, 0.25) is 5.02 Å². The van der Waals surface area contributed by atoms with Crippen molar-refractivity contribution in [3.63, 3.8) is 0 Å². The molecule has 3 heteroatoms. The van der Waals surface area contributed by atoms with E-state index in [-0.39, 0.29) is 11.9 Å². The monoisotopic (exact) mass is 361 g/mol. The molecule has 130 valence electrons. The fraction of sp³-hybridized carbons (Fsp3) is 0.174. The van der Waals surface area contributed by atoms with E-state index < -0.39 is 0 Å². The van der Waals surface area contributed by atoms with E-state index in [9.17, 15) is 4.79 Å². The maximum absolute atomic E-state index is 12.6. The average Bonchev–Trinajstić information content (AvgIpc) is 3.02. The highest BCUT2D eigenvalue weighted by molar-refractivity contribution is 6.30. The molecule has 2 atom stereocenters. The van der Waals surface area contributed by atoms with Crippen LogP contribution in [0.5, 0.6) is 0 Å². The molecule has 1 aliphatic rings. The van der Waals surface area contributed by atoms with Crippen LogP contribution < -0.4 is 5.32 Å². The lowest BCUT2D eigenvalue weighted by Gasteiger charge is -2.15. The van der Waals surface area contributed by atoms with Gasteiger partial charge in [0.15, 0.2) is 0 Å². The van der Waals surface area contributed by atoms with E-state index >= 15 is 0 Å². The van der Waals surface area contributed by atoms with Gasteiger partial charge in [-0.2, -0.15) is 0 Å². The van der Waals surface area contributed by atoms with Crippen LogP contribution in [0.15, 0.2) is 78.9 Å². The summed E-state index contributed by atoms with van der Waals surface area (Å²) in [7, 11) is 0. The molecule has 0 unspecified atom stereocenters. The summed E-state index contributed by atoms with van der Waals surface area (Å²) < 4.78 is 0. The van der Waals surface area contributed by atoms with Gasteiger partial charge in [0.1, 0.15) is 0 Å². The van der Waals surface area contributed by atoms with E-state index in [2.05, 4.69) is 35.6 Å². The van der Waals surface area contributed by atoms with Crippen LogP contribution >= 0.6 is 11.6 Å². The van der Waals surface area contributed by atoms with Crippen molar-refractivity contribution in [2.75, 3.05) is 0 Å². The second-order valence-electron chi connectivity index (χ2n) is 6.78. The lowest BCUT2D eigenvalue weighted by molar-refractivity contribution is 0.0936. The Kier molecular flexibility index (Phi) is 4.77. The zero-order valence-corrected chi connectivity index (χ0v) is 15.1. The Labute approximate surface area is 158 Å². The summed E-state index contributed by atoms with van der Waals surface area (Å²) in [5.41, 5.74) is 4.53. The molecule has 2 nitrogen and oxygen atoms in total. The van der Waals surface area contributed by atoms with Gasteiger partial charge in [0, 0.05) is 10.6 Å². The molecule has 0 saturated heterocycles. The van der Waals surface area contributed by atoms with E-state index in [1.807, 2.05) is 48.5 Å². The maximum atomic E-state index is 12.6. The third-order valence-electron chi connectivity index (χ3n) is 5.07. The second kappa shape index (κ2) is 7.35. The second-order valence-corrected chi connectivity index (χ2v) is 7.22. The maximum Gasteiger partial charge on any atom is 0.251 e. The number of benzene rings is 3. The van der Waals surface area contributed by atoms with Gasteiger partial charge in [-0.1, -0.05) is 66.2 Å². The van der Waals surface area contributed by atoms with Crippen molar-refractivity contribution in [3.8, 4) is 0 Å². The highest BCUT2D eigenvalue weighted by Crippen LogP contribution is 2.42. The van der Waals surface area contributed by atoms with E-state index in [1.54, 1.807) is 0 Å². The number of halogens is 1. The quantitative estimate of drug-likeness (QED) is 0.649. The number of amides is 1. The molecule has 1 aliphatic carbocycles. The molecule has 0 bridgehead atoms. The van der Waals surface area contributed by atoms with Gasteiger partial charge in [-0.15, -0.1) is 0 Å². The summed E-state index contributed by atoms with van der Waals surface area (Å²) >= 11 is 6.00. The molecule has 1 amide bonds. The highest BCUT2D eigenvalue weighted by atomic mass is 35.5. The zero-order chi connectivity index (χ0) is 17.9. The fourth-order valence-electron chi connectivity index (χ4n) is 3.80. The molecule has 26 heavy (non-hydrogen) atoms. The average molecular weight is 362 g/mol. The molecule has 0 fully saturated rings. The normalized spacial score (nSPS) is 18.3. The van der Waals surface area contributed by atoms with Crippen LogP contribution in [0.3, 0.4) is 0 Å². The Balaban J connectivity index is 1.54. The first-order valence-electron chi connectivity index (χ1n) is 8.90. The summed E-state index contributed by atoms with van der Waals surface area (Å²) in [6.07, 6.45) is 1.87. The van der Waals surface area contributed by atoms with Crippen LogP contribution in [0.4, 0.5) is 0 Å². The summed E-state index contributed by atoms with van der Waals surface area (Å²) in [4.78, 5) is 12.6. The van der Waals surface area contributed by atoms with Crippen LogP contribution in [-0.4, -0.2) is 5.91 Å². The molecule has 4 rings (SSSR count). The topological polar surface area (TPSA) is 29.1 Å². The molecule has 0 aliphatic heterocycles. The lowest BCUT2D eigenvalue weighted by atomic mass is 9.94. The molecule has 0 spiro atoms. The van der Waals surface area contributed by atoms with Crippen molar-refractivity contribution < 1.29 is 4.79 Å². The van der Waals surface area contributed by atoms with E-state index in [0.29, 0.717) is 11.5 Å². The molecule has 3 aromatic carbocycles. The Morgan fingerprint density at radius 1 is 0.885 bits per heavy atom.